The van der Waals surface area contributed by atoms with Gasteiger partial charge in [0.1, 0.15) is 5.82 Å². The maximum atomic E-state index is 11.0. The van der Waals surface area contributed by atoms with Gasteiger partial charge in [-0.1, -0.05) is 30.3 Å². The molecule has 1 aromatic carbocycles. The first-order valence-electron chi connectivity index (χ1n) is 7.04. The van der Waals surface area contributed by atoms with Gasteiger partial charge in [-0.15, -0.1) is 0 Å². The summed E-state index contributed by atoms with van der Waals surface area (Å²) in [5.74, 6) is 0.287. The molecule has 0 saturated heterocycles. The molecule has 0 saturated carbocycles. The molecular formula is C17H21N3O. The van der Waals surface area contributed by atoms with Gasteiger partial charge in [0.15, 0.2) is 0 Å². The van der Waals surface area contributed by atoms with E-state index in [1.54, 1.807) is 12.1 Å². The number of nitrogens with two attached hydrogens (primary N) is 1. The number of nitrogens with one attached hydrogen (secondary N) is 1. The second kappa shape index (κ2) is 6.39. The highest BCUT2D eigenvalue weighted by atomic mass is 16.1. The van der Waals surface area contributed by atoms with Crippen LogP contribution in [0.3, 0.4) is 0 Å². The quantitative estimate of drug-likeness (QED) is 0.856. The van der Waals surface area contributed by atoms with E-state index < -0.39 is 5.91 Å². The molecule has 3 N–H and O–H groups in total. The van der Waals surface area contributed by atoms with Crippen molar-refractivity contribution in [2.24, 2.45) is 5.73 Å². The average molecular weight is 283 g/mol. The first kappa shape index (κ1) is 15.0. The molecule has 4 heteroatoms. The maximum Gasteiger partial charge on any atom is 0.250 e. The largest absolute Gasteiger partial charge is 0.366 e. The van der Waals surface area contributed by atoms with E-state index in [1.807, 2.05) is 6.07 Å². The summed E-state index contributed by atoms with van der Waals surface area (Å²) in [6, 6.07) is 13.9. The number of pyridine rings is 1. The van der Waals surface area contributed by atoms with Gasteiger partial charge in [-0.25, -0.2) is 4.98 Å². The van der Waals surface area contributed by atoms with Gasteiger partial charge in [0.2, 0.25) is 5.91 Å². The second-order valence-electron chi connectivity index (χ2n) is 5.79. The van der Waals surface area contributed by atoms with Gasteiger partial charge < -0.3 is 11.1 Å². The van der Waals surface area contributed by atoms with E-state index in [0.717, 1.165) is 18.7 Å². The van der Waals surface area contributed by atoms with Gasteiger partial charge in [-0.2, -0.15) is 0 Å². The number of aryl methyl sites for hydroxylation is 1. The highest BCUT2D eigenvalue weighted by molar-refractivity contribution is 5.92. The van der Waals surface area contributed by atoms with Crippen molar-refractivity contribution in [2.45, 2.75) is 32.2 Å². The minimum absolute atomic E-state index is 0.0862. The Morgan fingerprint density at radius 2 is 1.90 bits per heavy atom. The predicted octanol–water partition coefficient (Wildman–Crippen LogP) is 3.00. The van der Waals surface area contributed by atoms with Crippen LogP contribution in [0, 0.1) is 0 Å². The second-order valence-corrected chi connectivity index (χ2v) is 5.79. The highest BCUT2D eigenvalue weighted by Crippen LogP contribution is 2.19. The Labute approximate surface area is 125 Å². The third-order valence-electron chi connectivity index (χ3n) is 3.40. The molecule has 0 aliphatic carbocycles. The van der Waals surface area contributed by atoms with Gasteiger partial charge in [0.05, 0.1) is 5.56 Å². The van der Waals surface area contributed by atoms with Crippen molar-refractivity contribution in [3.63, 3.8) is 0 Å². The summed E-state index contributed by atoms with van der Waals surface area (Å²) >= 11 is 0. The zero-order valence-corrected chi connectivity index (χ0v) is 12.5. The molecule has 1 heterocycles. The van der Waals surface area contributed by atoms with Gasteiger partial charge in [0.25, 0.3) is 0 Å². The predicted molar refractivity (Wildman–Crippen MR) is 85.2 cm³/mol. The third-order valence-corrected chi connectivity index (χ3v) is 3.40. The molecule has 0 aliphatic rings. The summed E-state index contributed by atoms with van der Waals surface area (Å²) in [5, 5.41) is 3.39. The Morgan fingerprint density at radius 1 is 1.19 bits per heavy atom. The molecule has 4 nitrogen and oxygen atoms in total. The smallest absolute Gasteiger partial charge is 0.250 e. The molecule has 0 spiro atoms. The Morgan fingerprint density at radius 3 is 2.48 bits per heavy atom. The molecule has 21 heavy (non-hydrogen) atoms. The van der Waals surface area contributed by atoms with E-state index in [9.17, 15) is 4.79 Å². The standard InChI is InChI=1S/C17H21N3O/c1-17(2,11-10-13-6-4-3-5-7-13)20-15-9-8-14(12-19-15)16(18)21/h3-9,12H,10-11H2,1-2H3,(H2,18,21)(H,19,20). The summed E-state index contributed by atoms with van der Waals surface area (Å²) < 4.78 is 0. The Balaban J connectivity index is 1.95. The number of aromatic nitrogens is 1. The number of nitrogens with zero attached hydrogens (tertiary/aromatic N) is 1. The van der Waals surface area contributed by atoms with Crippen molar-refractivity contribution in [1.29, 1.82) is 0 Å². The molecule has 110 valence electrons. The number of amides is 1. The Kier molecular flexibility index (Phi) is 4.58. The van der Waals surface area contributed by atoms with Crippen LogP contribution in [0.15, 0.2) is 48.7 Å². The minimum atomic E-state index is -0.461. The van der Waals surface area contributed by atoms with E-state index in [1.165, 1.54) is 11.8 Å². The zero-order chi connectivity index (χ0) is 15.3. The molecule has 2 aromatic rings. The van der Waals surface area contributed by atoms with E-state index >= 15 is 0 Å². The normalized spacial score (nSPS) is 11.1. The van der Waals surface area contributed by atoms with Crippen molar-refractivity contribution in [3.05, 3.63) is 59.8 Å². The summed E-state index contributed by atoms with van der Waals surface area (Å²) in [5.41, 5.74) is 6.86. The molecule has 2 rings (SSSR count). The van der Waals surface area contributed by atoms with Crippen molar-refractivity contribution >= 4 is 11.7 Å². The molecule has 1 amide bonds. The molecule has 0 bridgehead atoms. The number of carbonyl (C=O) groups excluding carboxylic acids is 1. The lowest BCUT2D eigenvalue weighted by molar-refractivity contribution is 0.1000. The van der Waals surface area contributed by atoms with Crippen LogP contribution in [-0.2, 0) is 6.42 Å². The van der Waals surface area contributed by atoms with Crippen molar-refractivity contribution in [3.8, 4) is 0 Å². The summed E-state index contributed by atoms with van der Waals surface area (Å²) in [4.78, 5) is 15.2. The highest BCUT2D eigenvalue weighted by Gasteiger charge is 2.17. The van der Waals surface area contributed by atoms with E-state index in [0.29, 0.717) is 5.56 Å². The van der Waals surface area contributed by atoms with Crippen molar-refractivity contribution in [1.82, 2.24) is 4.98 Å². The lowest BCUT2D eigenvalue weighted by atomic mass is 9.95. The fourth-order valence-corrected chi connectivity index (χ4v) is 2.12. The van der Waals surface area contributed by atoms with Crippen LogP contribution in [0.2, 0.25) is 0 Å². The number of hydrogen-bond donors (Lipinski definition) is 2. The fourth-order valence-electron chi connectivity index (χ4n) is 2.12. The molecule has 0 unspecified atom stereocenters. The van der Waals surface area contributed by atoms with Crippen LogP contribution < -0.4 is 11.1 Å². The number of anilines is 1. The zero-order valence-electron chi connectivity index (χ0n) is 12.5. The first-order chi connectivity index (χ1) is 9.96. The van der Waals surface area contributed by atoms with Crippen LogP contribution in [0.4, 0.5) is 5.82 Å². The third kappa shape index (κ3) is 4.60. The van der Waals surface area contributed by atoms with Crippen LogP contribution >= 0.6 is 0 Å². The molecule has 1 aromatic heterocycles. The Hall–Kier alpha value is -2.36. The lowest BCUT2D eigenvalue weighted by Crippen LogP contribution is -2.31. The van der Waals surface area contributed by atoms with Crippen LogP contribution in [0.25, 0.3) is 0 Å². The number of hydrogen-bond acceptors (Lipinski definition) is 3. The van der Waals surface area contributed by atoms with E-state index in [4.69, 9.17) is 5.73 Å². The number of rotatable bonds is 6. The van der Waals surface area contributed by atoms with Gasteiger partial charge >= 0.3 is 0 Å². The Bertz CT molecular complexity index is 591. The molecule has 0 fully saturated rings. The summed E-state index contributed by atoms with van der Waals surface area (Å²) in [6.45, 7) is 4.28. The number of carbonyl (C=O) groups is 1. The van der Waals surface area contributed by atoms with Crippen molar-refractivity contribution in [2.75, 3.05) is 5.32 Å². The summed E-state index contributed by atoms with van der Waals surface area (Å²) in [7, 11) is 0. The topological polar surface area (TPSA) is 68.0 Å². The van der Waals surface area contributed by atoms with Crippen LogP contribution in [0.1, 0.15) is 36.2 Å². The van der Waals surface area contributed by atoms with Crippen molar-refractivity contribution < 1.29 is 4.79 Å². The van der Waals surface area contributed by atoms with Gasteiger partial charge in [-0.05, 0) is 44.4 Å². The molecule has 0 radical (unpaired) electrons. The van der Waals surface area contributed by atoms with Crippen LogP contribution in [-0.4, -0.2) is 16.4 Å². The van der Waals surface area contributed by atoms with Gasteiger partial charge in [0, 0.05) is 11.7 Å². The monoisotopic (exact) mass is 283 g/mol. The fraction of sp³-hybridized carbons (Fsp3) is 0.294. The average Bonchev–Trinajstić information content (AvgIpc) is 2.46. The molecule has 0 aliphatic heterocycles. The molecular weight excluding hydrogens is 262 g/mol. The SMILES string of the molecule is CC(C)(CCc1ccccc1)Nc1ccc(C(N)=O)cn1. The number of benzene rings is 1. The van der Waals surface area contributed by atoms with Gasteiger partial charge in [-0.3, -0.25) is 4.79 Å². The van der Waals surface area contributed by atoms with E-state index in [-0.39, 0.29) is 5.54 Å². The molecule has 0 atom stereocenters. The van der Waals surface area contributed by atoms with Crippen LogP contribution in [0.5, 0.6) is 0 Å². The minimum Gasteiger partial charge on any atom is -0.366 e. The maximum absolute atomic E-state index is 11.0. The van der Waals surface area contributed by atoms with E-state index in [2.05, 4.69) is 48.4 Å². The summed E-state index contributed by atoms with van der Waals surface area (Å²) in [6.07, 6.45) is 3.48. The number of primary amides is 1. The first-order valence-corrected chi connectivity index (χ1v) is 7.04. The lowest BCUT2D eigenvalue weighted by Gasteiger charge is -2.27.